The average Bonchev–Trinajstić information content (AvgIpc) is 2.54. The first-order valence-electron chi connectivity index (χ1n) is 8.58. The molecule has 1 saturated heterocycles. The van der Waals surface area contributed by atoms with Crippen molar-refractivity contribution in [2.24, 2.45) is 5.92 Å². The minimum atomic E-state index is 0.767. The number of fused-ring (bicyclic) bond motifs is 2. The number of piperidine rings is 1. The van der Waals surface area contributed by atoms with E-state index < -0.39 is 0 Å². The Bertz CT molecular complexity index is 665. The van der Waals surface area contributed by atoms with Crippen molar-refractivity contribution in [3.05, 3.63) is 48.5 Å². The van der Waals surface area contributed by atoms with Crippen LogP contribution in [0.1, 0.15) is 12.8 Å². The van der Waals surface area contributed by atoms with E-state index in [1.165, 1.54) is 47.1 Å². The number of nitrogens with zero attached hydrogens (tertiary/aromatic N) is 2. The molecular formula is C20H25N2S+. The highest BCUT2D eigenvalue weighted by Gasteiger charge is 2.31. The molecule has 2 aromatic rings. The topological polar surface area (TPSA) is 3.24 Å². The second-order valence-corrected chi connectivity index (χ2v) is 8.58. The standard InChI is InChI=1S/C20H25N2S/c1-22(2)13-7-8-16(15-22)14-21-17-9-3-5-11-19(17)23-20-12-6-4-10-18(20)21/h3-6,9-12,16H,7-8,13-15H2,1-2H3/q+1/t16-/m0/s1. The third-order valence-corrected chi connectivity index (χ3v) is 6.23. The fourth-order valence-corrected chi connectivity index (χ4v) is 5.17. The van der Waals surface area contributed by atoms with Crippen molar-refractivity contribution in [2.45, 2.75) is 22.6 Å². The van der Waals surface area contributed by atoms with E-state index in [0.717, 1.165) is 16.9 Å². The lowest BCUT2D eigenvalue weighted by Crippen LogP contribution is -2.49. The molecule has 0 unspecified atom stereocenters. The maximum absolute atomic E-state index is 2.57. The summed E-state index contributed by atoms with van der Waals surface area (Å²) in [6.07, 6.45) is 2.71. The summed E-state index contributed by atoms with van der Waals surface area (Å²) < 4.78 is 1.16. The zero-order valence-corrected chi connectivity index (χ0v) is 14.9. The largest absolute Gasteiger partial charge is 0.339 e. The van der Waals surface area contributed by atoms with Crippen LogP contribution in [0.3, 0.4) is 0 Å². The molecule has 1 atom stereocenters. The van der Waals surface area contributed by atoms with E-state index in [-0.39, 0.29) is 0 Å². The van der Waals surface area contributed by atoms with Gasteiger partial charge in [0.2, 0.25) is 0 Å². The van der Waals surface area contributed by atoms with Gasteiger partial charge in [-0.1, -0.05) is 36.0 Å². The molecule has 4 rings (SSSR count). The molecular weight excluding hydrogens is 300 g/mol. The summed E-state index contributed by atoms with van der Waals surface area (Å²) >= 11 is 1.90. The molecule has 1 fully saturated rings. The molecule has 3 heteroatoms. The third kappa shape index (κ3) is 3.00. The molecule has 0 radical (unpaired) electrons. The summed E-state index contributed by atoms with van der Waals surface area (Å²) in [5.41, 5.74) is 2.76. The molecule has 0 spiro atoms. The lowest BCUT2D eigenvalue weighted by Gasteiger charge is -2.41. The van der Waals surface area contributed by atoms with Crippen molar-refractivity contribution in [1.82, 2.24) is 0 Å². The molecule has 0 aliphatic carbocycles. The average molecular weight is 326 g/mol. The summed E-state index contributed by atoms with van der Waals surface area (Å²) in [4.78, 5) is 5.34. The van der Waals surface area contributed by atoms with Gasteiger partial charge < -0.3 is 9.38 Å². The zero-order valence-electron chi connectivity index (χ0n) is 14.0. The maximum Gasteiger partial charge on any atom is 0.0828 e. The highest BCUT2D eigenvalue weighted by molar-refractivity contribution is 7.99. The molecule has 2 aliphatic rings. The van der Waals surface area contributed by atoms with E-state index in [1.807, 2.05) is 11.8 Å². The van der Waals surface area contributed by atoms with Crippen LogP contribution in [0.25, 0.3) is 0 Å². The number of para-hydroxylation sites is 2. The van der Waals surface area contributed by atoms with E-state index in [4.69, 9.17) is 0 Å². The second kappa shape index (κ2) is 5.88. The smallest absolute Gasteiger partial charge is 0.0828 e. The van der Waals surface area contributed by atoms with Crippen molar-refractivity contribution in [3.8, 4) is 0 Å². The first kappa shape index (κ1) is 15.1. The number of likely N-dealkylation sites (tertiary alicyclic amines) is 1. The van der Waals surface area contributed by atoms with Crippen molar-refractivity contribution in [1.29, 1.82) is 0 Å². The predicted molar refractivity (Wildman–Crippen MR) is 98.6 cm³/mol. The van der Waals surface area contributed by atoms with Gasteiger partial charge in [0.25, 0.3) is 0 Å². The van der Waals surface area contributed by atoms with E-state index in [9.17, 15) is 0 Å². The molecule has 2 nitrogen and oxygen atoms in total. The Balaban J connectivity index is 1.67. The maximum atomic E-state index is 2.57. The number of quaternary nitrogens is 1. The highest BCUT2D eigenvalue weighted by Crippen LogP contribution is 2.48. The summed E-state index contributed by atoms with van der Waals surface area (Å²) in [6.45, 7) is 3.74. The van der Waals surface area contributed by atoms with Gasteiger partial charge in [0.15, 0.2) is 0 Å². The number of anilines is 2. The molecule has 0 aromatic heterocycles. The lowest BCUT2D eigenvalue weighted by molar-refractivity contribution is -0.898. The Kier molecular flexibility index (Phi) is 3.86. The van der Waals surface area contributed by atoms with E-state index in [1.54, 1.807) is 0 Å². The lowest BCUT2D eigenvalue weighted by atomic mass is 9.95. The summed E-state index contributed by atoms with van der Waals surface area (Å²) in [7, 11) is 4.75. The van der Waals surface area contributed by atoms with Gasteiger partial charge in [-0.15, -0.1) is 0 Å². The van der Waals surface area contributed by atoms with Gasteiger partial charge in [0.1, 0.15) is 0 Å². The highest BCUT2D eigenvalue weighted by atomic mass is 32.2. The molecule has 0 amide bonds. The fourth-order valence-electron chi connectivity index (χ4n) is 4.07. The number of hydrogen-bond donors (Lipinski definition) is 0. The van der Waals surface area contributed by atoms with Gasteiger partial charge in [0, 0.05) is 22.3 Å². The van der Waals surface area contributed by atoms with Gasteiger partial charge >= 0.3 is 0 Å². The van der Waals surface area contributed by atoms with Gasteiger partial charge in [-0.2, -0.15) is 0 Å². The van der Waals surface area contributed by atoms with Crippen LogP contribution in [0.2, 0.25) is 0 Å². The minimum Gasteiger partial charge on any atom is -0.339 e. The monoisotopic (exact) mass is 325 g/mol. The molecule has 0 saturated carbocycles. The van der Waals surface area contributed by atoms with Gasteiger partial charge in [-0.25, -0.2) is 0 Å². The van der Waals surface area contributed by atoms with Gasteiger partial charge in [-0.3, -0.25) is 0 Å². The summed E-state index contributed by atoms with van der Waals surface area (Å²) in [5, 5.41) is 0. The van der Waals surface area contributed by atoms with Crippen LogP contribution in [-0.4, -0.2) is 38.2 Å². The van der Waals surface area contributed by atoms with Gasteiger partial charge in [-0.05, 0) is 37.1 Å². The van der Waals surface area contributed by atoms with Crippen LogP contribution in [0.5, 0.6) is 0 Å². The van der Waals surface area contributed by atoms with Gasteiger partial charge in [0.05, 0.1) is 38.6 Å². The Morgan fingerprint density at radius 1 is 1.00 bits per heavy atom. The Labute approximate surface area is 143 Å². The number of rotatable bonds is 2. The van der Waals surface area contributed by atoms with Crippen molar-refractivity contribution in [2.75, 3.05) is 38.6 Å². The first-order valence-corrected chi connectivity index (χ1v) is 9.39. The van der Waals surface area contributed by atoms with Crippen LogP contribution in [0.4, 0.5) is 11.4 Å². The second-order valence-electron chi connectivity index (χ2n) is 7.50. The van der Waals surface area contributed by atoms with Crippen LogP contribution in [-0.2, 0) is 0 Å². The Hall–Kier alpha value is -1.45. The summed E-state index contributed by atoms with van der Waals surface area (Å²) in [6, 6.07) is 17.7. The molecule has 2 aliphatic heterocycles. The van der Waals surface area contributed by atoms with E-state index in [2.05, 4.69) is 67.5 Å². The van der Waals surface area contributed by atoms with E-state index >= 15 is 0 Å². The summed E-state index contributed by atoms with van der Waals surface area (Å²) in [5.74, 6) is 0.767. The van der Waals surface area contributed by atoms with Crippen molar-refractivity contribution < 1.29 is 4.48 Å². The first-order chi connectivity index (χ1) is 11.1. The van der Waals surface area contributed by atoms with Crippen LogP contribution >= 0.6 is 11.8 Å². The molecule has 120 valence electrons. The Morgan fingerprint density at radius 2 is 1.61 bits per heavy atom. The van der Waals surface area contributed by atoms with Crippen molar-refractivity contribution >= 4 is 23.1 Å². The fraction of sp³-hybridized carbons (Fsp3) is 0.400. The van der Waals surface area contributed by atoms with Crippen LogP contribution in [0, 0.1) is 5.92 Å². The van der Waals surface area contributed by atoms with Crippen molar-refractivity contribution in [3.63, 3.8) is 0 Å². The molecule has 2 aromatic carbocycles. The molecule has 0 bridgehead atoms. The van der Waals surface area contributed by atoms with Crippen LogP contribution < -0.4 is 4.90 Å². The SMILES string of the molecule is C[N+]1(C)CCC[C@@H](CN2c3ccccc3Sc3ccccc32)C1. The zero-order chi connectivity index (χ0) is 15.9. The molecule has 23 heavy (non-hydrogen) atoms. The number of benzene rings is 2. The predicted octanol–water partition coefficient (Wildman–Crippen LogP) is 4.78. The number of hydrogen-bond acceptors (Lipinski definition) is 2. The van der Waals surface area contributed by atoms with Crippen LogP contribution in [0.15, 0.2) is 58.3 Å². The Morgan fingerprint density at radius 3 is 2.22 bits per heavy atom. The molecule has 2 heterocycles. The normalized spacial score (nSPS) is 22.3. The third-order valence-electron chi connectivity index (χ3n) is 5.10. The minimum absolute atomic E-state index is 0.767. The van der Waals surface area contributed by atoms with E-state index in [0.29, 0.717) is 0 Å². The molecule has 0 N–H and O–H groups in total. The quantitative estimate of drug-likeness (QED) is 0.731.